The number of hydrogen-bond donors (Lipinski definition) is 2. The minimum atomic E-state index is 0.525. The van der Waals surface area contributed by atoms with E-state index in [2.05, 4.69) is 31.6 Å². The number of fused-ring (bicyclic) bond motifs is 1. The Hall–Kier alpha value is -2.28. The van der Waals surface area contributed by atoms with E-state index in [1.165, 1.54) is 0 Å². The van der Waals surface area contributed by atoms with Gasteiger partial charge in [-0.05, 0) is 50.5 Å². The Morgan fingerprint density at radius 2 is 1.95 bits per heavy atom. The highest BCUT2D eigenvalue weighted by Crippen LogP contribution is 2.33. The number of benzene rings is 2. The van der Waals surface area contributed by atoms with Crippen LogP contribution < -0.4 is 15.8 Å². The summed E-state index contributed by atoms with van der Waals surface area (Å²) >= 11 is 3.48. The molecule has 2 aromatic carbocycles. The van der Waals surface area contributed by atoms with Crippen LogP contribution in [-0.2, 0) is 0 Å². The summed E-state index contributed by atoms with van der Waals surface area (Å²) in [7, 11) is 1.62. The highest BCUT2D eigenvalue weighted by atomic mass is 79.9. The molecule has 0 fully saturated rings. The summed E-state index contributed by atoms with van der Waals surface area (Å²) in [5.74, 6) is 0.751. The first-order valence-corrected chi connectivity index (χ1v) is 6.59. The van der Waals surface area contributed by atoms with E-state index in [0.717, 1.165) is 21.6 Å². The van der Waals surface area contributed by atoms with Crippen molar-refractivity contribution in [2.24, 2.45) is 0 Å². The first-order chi connectivity index (χ1) is 9.69. The molecule has 3 N–H and O–H groups in total. The maximum atomic E-state index is 5.82. The lowest BCUT2D eigenvalue weighted by molar-refractivity contribution is 0.316. The van der Waals surface area contributed by atoms with Gasteiger partial charge >= 0.3 is 0 Å². The van der Waals surface area contributed by atoms with Crippen LogP contribution in [-0.4, -0.2) is 17.4 Å². The Morgan fingerprint density at radius 1 is 1.15 bits per heavy atom. The molecule has 0 aliphatic rings. The Morgan fingerprint density at radius 3 is 2.75 bits per heavy atom. The lowest BCUT2D eigenvalue weighted by Crippen LogP contribution is -1.95. The summed E-state index contributed by atoms with van der Waals surface area (Å²) in [5.41, 5.74) is 9.06. The van der Waals surface area contributed by atoms with Crippen molar-refractivity contribution < 1.29 is 9.37 Å². The molecular formula is C13H11BrN4O2. The fraction of sp³-hybridized carbons (Fsp3) is 0.0769. The normalized spacial score (nSPS) is 10.7. The van der Waals surface area contributed by atoms with Gasteiger partial charge in [-0.15, -0.1) is 0 Å². The molecule has 20 heavy (non-hydrogen) atoms. The predicted octanol–water partition coefficient (Wildman–Crippen LogP) is 3.32. The third kappa shape index (κ3) is 2.16. The van der Waals surface area contributed by atoms with E-state index in [9.17, 15) is 0 Å². The van der Waals surface area contributed by atoms with Crippen molar-refractivity contribution in [1.82, 2.24) is 10.3 Å². The Balaban J connectivity index is 2.05. The fourth-order valence-corrected chi connectivity index (χ4v) is 2.20. The molecule has 0 spiro atoms. The van der Waals surface area contributed by atoms with Crippen LogP contribution in [0, 0.1) is 0 Å². The van der Waals surface area contributed by atoms with Crippen LogP contribution in [0.2, 0.25) is 0 Å². The summed E-state index contributed by atoms with van der Waals surface area (Å²) < 4.78 is 10.9. The van der Waals surface area contributed by atoms with Gasteiger partial charge in [-0.25, -0.2) is 4.63 Å². The zero-order valence-electron chi connectivity index (χ0n) is 10.6. The van der Waals surface area contributed by atoms with Crippen LogP contribution in [0.15, 0.2) is 39.4 Å². The lowest BCUT2D eigenvalue weighted by Gasteiger charge is -2.10. The summed E-state index contributed by atoms with van der Waals surface area (Å²) in [6.45, 7) is 0. The van der Waals surface area contributed by atoms with Crippen LogP contribution in [0.1, 0.15) is 0 Å². The molecule has 0 saturated heterocycles. The number of nitrogens with two attached hydrogens (primary N) is 1. The molecule has 7 heteroatoms. The van der Waals surface area contributed by atoms with Crippen molar-refractivity contribution in [2.45, 2.75) is 0 Å². The number of ether oxygens (including phenoxy) is 1. The van der Waals surface area contributed by atoms with Crippen LogP contribution in [0.25, 0.3) is 11.0 Å². The molecule has 1 aromatic heterocycles. The predicted molar refractivity (Wildman–Crippen MR) is 80.2 cm³/mol. The molecule has 0 aliphatic heterocycles. The van der Waals surface area contributed by atoms with Gasteiger partial charge in [0.05, 0.1) is 24.2 Å². The SMILES string of the molecule is COc1ccc(Br)c(Nc2ccc(N)c3nonc23)c1. The van der Waals surface area contributed by atoms with E-state index in [0.29, 0.717) is 16.7 Å². The van der Waals surface area contributed by atoms with E-state index in [-0.39, 0.29) is 0 Å². The van der Waals surface area contributed by atoms with Crippen molar-refractivity contribution in [1.29, 1.82) is 0 Å². The lowest BCUT2D eigenvalue weighted by atomic mass is 10.2. The summed E-state index contributed by atoms with van der Waals surface area (Å²) in [6, 6.07) is 9.22. The average molecular weight is 335 g/mol. The van der Waals surface area contributed by atoms with E-state index < -0.39 is 0 Å². The number of nitrogens with zero attached hydrogens (tertiary/aromatic N) is 2. The summed E-state index contributed by atoms with van der Waals surface area (Å²) in [5, 5.41) is 10.9. The van der Waals surface area contributed by atoms with E-state index in [4.69, 9.17) is 15.1 Å². The molecule has 0 bridgehead atoms. The van der Waals surface area contributed by atoms with Gasteiger partial charge in [0, 0.05) is 10.5 Å². The fourth-order valence-electron chi connectivity index (χ4n) is 1.86. The van der Waals surface area contributed by atoms with E-state index in [1.54, 1.807) is 13.2 Å². The van der Waals surface area contributed by atoms with Gasteiger partial charge in [0.15, 0.2) is 11.0 Å². The van der Waals surface area contributed by atoms with Gasteiger partial charge in [-0.3, -0.25) is 0 Å². The Bertz CT molecular complexity index is 772. The minimum absolute atomic E-state index is 0.525. The van der Waals surface area contributed by atoms with Crippen molar-refractivity contribution in [3.63, 3.8) is 0 Å². The van der Waals surface area contributed by atoms with E-state index in [1.807, 2.05) is 24.3 Å². The third-order valence-electron chi connectivity index (χ3n) is 2.89. The second-order valence-corrected chi connectivity index (χ2v) is 4.99. The van der Waals surface area contributed by atoms with Crippen LogP contribution in [0.3, 0.4) is 0 Å². The summed E-state index contributed by atoms with van der Waals surface area (Å²) in [4.78, 5) is 0. The number of nitrogen functional groups attached to an aromatic ring is 1. The van der Waals surface area contributed by atoms with Gasteiger partial charge in [0.2, 0.25) is 0 Å². The largest absolute Gasteiger partial charge is 0.497 e. The van der Waals surface area contributed by atoms with Crippen molar-refractivity contribution >= 4 is 44.0 Å². The number of aromatic nitrogens is 2. The van der Waals surface area contributed by atoms with Gasteiger partial charge < -0.3 is 15.8 Å². The number of halogens is 1. The highest BCUT2D eigenvalue weighted by molar-refractivity contribution is 9.10. The summed E-state index contributed by atoms with van der Waals surface area (Å²) in [6.07, 6.45) is 0. The van der Waals surface area contributed by atoms with Crippen molar-refractivity contribution in [3.8, 4) is 5.75 Å². The van der Waals surface area contributed by atoms with Gasteiger partial charge in [-0.2, -0.15) is 0 Å². The molecule has 0 atom stereocenters. The Labute approximate surface area is 123 Å². The quantitative estimate of drug-likeness (QED) is 0.714. The van der Waals surface area contributed by atoms with Crippen molar-refractivity contribution in [2.75, 3.05) is 18.2 Å². The van der Waals surface area contributed by atoms with Crippen LogP contribution in [0.5, 0.6) is 5.75 Å². The molecule has 3 aromatic rings. The molecule has 0 saturated carbocycles. The number of hydrogen-bond acceptors (Lipinski definition) is 6. The molecule has 3 rings (SSSR count). The number of rotatable bonds is 3. The van der Waals surface area contributed by atoms with Gasteiger partial charge in [0.1, 0.15) is 5.75 Å². The van der Waals surface area contributed by atoms with Gasteiger partial charge in [0.25, 0.3) is 0 Å². The second kappa shape index (κ2) is 5.01. The van der Waals surface area contributed by atoms with Gasteiger partial charge in [-0.1, -0.05) is 0 Å². The minimum Gasteiger partial charge on any atom is -0.497 e. The van der Waals surface area contributed by atoms with Crippen LogP contribution >= 0.6 is 15.9 Å². The monoisotopic (exact) mass is 334 g/mol. The zero-order valence-corrected chi connectivity index (χ0v) is 12.1. The average Bonchev–Trinajstić information content (AvgIpc) is 2.94. The van der Waals surface area contributed by atoms with E-state index >= 15 is 0 Å². The molecular weight excluding hydrogens is 324 g/mol. The number of methoxy groups -OCH3 is 1. The molecule has 0 amide bonds. The topological polar surface area (TPSA) is 86.2 Å². The molecule has 1 heterocycles. The second-order valence-electron chi connectivity index (χ2n) is 4.13. The molecule has 0 radical (unpaired) electrons. The zero-order chi connectivity index (χ0) is 14.1. The Kier molecular flexibility index (Phi) is 3.19. The smallest absolute Gasteiger partial charge is 0.160 e. The third-order valence-corrected chi connectivity index (χ3v) is 3.58. The molecule has 0 aliphatic carbocycles. The molecule has 6 nitrogen and oxygen atoms in total. The van der Waals surface area contributed by atoms with Crippen LogP contribution in [0.4, 0.5) is 17.1 Å². The maximum Gasteiger partial charge on any atom is 0.160 e. The van der Waals surface area contributed by atoms with Crippen molar-refractivity contribution in [3.05, 3.63) is 34.8 Å². The highest BCUT2D eigenvalue weighted by Gasteiger charge is 2.11. The standard InChI is InChI=1S/C13H11BrN4O2/c1-19-7-2-3-8(14)11(6-7)16-10-5-4-9(15)12-13(10)18-20-17-12/h2-6,16H,15H2,1H3. The maximum absolute atomic E-state index is 5.82. The first kappa shape index (κ1) is 12.7. The first-order valence-electron chi connectivity index (χ1n) is 5.80. The number of anilines is 3. The molecule has 102 valence electrons. The number of nitrogens with one attached hydrogen (secondary N) is 1. The molecule has 0 unspecified atom stereocenters.